The Morgan fingerprint density at radius 1 is 1.37 bits per heavy atom. The van der Waals surface area contributed by atoms with Crippen molar-refractivity contribution in [1.29, 1.82) is 0 Å². The first-order chi connectivity index (χ1) is 13.0. The van der Waals surface area contributed by atoms with E-state index in [4.69, 9.17) is 4.74 Å². The van der Waals surface area contributed by atoms with Gasteiger partial charge in [0, 0.05) is 30.6 Å². The summed E-state index contributed by atoms with van der Waals surface area (Å²) in [6.07, 6.45) is 1.61. The number of nitrogens with zero attached hydrogens (tertiary/aromatic N) is 2. The summed E-state index contributed by atoms with van der Waals surface area (Å²) in [6.45, 7) is 3.64. The molecular weight excluding hydrogens is 344 g/mol. The number of esters is 1. The molecule has 1 fully saturated rings. The smallest absolute Gasteiger partial charge is 0.359 e. The van der Waals surface area contributed by atoms with Gasteiger partial charge in [0.15, 0.2) is 0 Å². The lowest BCUT2D eigenvalue weighted by molar-refractivity contribution is -0.185. The first kappa shape index (κ1) is 17.2. The minimum Gasteiger partial charge on any atom is -0.465 e. The van der Waals surface area contributed by atoms with Crippen LogP contribution in [0.15, 0.2) is 24.3 Å². The Kier molecular flexibility index (Phi) is 3.70. The van der Waals surface area contributed by atoms with E-state index < -0.39 is 17.8 Å². The van der Waals surface area contributed by atoms with Gasteiger partial charge in [-0.3, -0.25) is 4.90 Å². The molecule has 5 atom stereocenters. The fraction of sp³-hybridized carbons (Fsp3) is 0.571. The molecule has 27 heavy (non-hydrogen) atoms. The lowest BCUT2D eigenvalue weighted by Crippen LogP contribution is -2.57. The summed E-state index contributed by atoms with van der Waals surface area (Å²) in [5.41, 5.74) is 1.51. The van der Waals surface area contributed by atoms with Crippen molar-refractivity contribution in [3.8, 4) is 0 Å². The molecule has 6 heteroatoms. The van der Waals surface area contributed by atoms with E-state index in [0.29, 0.717) is 6.42 Å². The zero-order valence-electron chi connectivity index (χ0n) is 15.8. The number of para-hydroxylation sites is 1. The maximum absolute atomic E-state index is 12.7. The minimum atomic E-state index is -1.70. The number of benzene rings is 1. The van der Waals surface area contributed by atoms with Gasteiger partial charge in [0.2, 0.25) is 5.72 Å². The third kappa shape index (κ3) is 2.21. The van der Waals surface area contributed by atoms with Crippen molar-refractivity contribution in [2.24, 2.45) is 11.8 Å². The van der Waals surface area contributed by atoms with Crippen molar-refractivity contribution in [3.05, 3.63) is 35.5 Å². The summed E-state index contributed by atoms with van der Waals surface area (Å²) in [4.78, 5) is 15.2. The van der Waals surface area contributed by atoms with Gasteiger partial charge in [0.1, 0.15) is 0 Å². The molecule has 0 spiro atoms. The van der Waals surface area contributed by atoms with Crippen molar-refractivity contribution >= 4 is 16.9 Å². The first-order valence-electron chi connectivity index (χ1n) is 9.81. The Labute approximate surface area is 158 Å². The van der Waals surface area contributed by atoms with Gasteiger partial charge in [0.25, 0.3) is 0 Å². The molecule has 0 unspecified atom stereocenters. The van der Waals surface area contributed by atoms with Crippen LogP contribution >= 0.6 is 0 Å². The van der Waals surface area contributed by atoms with E-state index in [-0.39, 0.29) is 17.9 Å². The van der Waals surface area contributed by atoms with Crippen molar-refractivity contribution in [2.45, 2.75) is 44.1 Å². The molecule has 0 saturated carbocycles. The number of carbonyl (C=O) groups excluding carboxylic acids is 1. The number of methoxy groups -OCH3 is 1. The van der Waals surface area contributed by atoms with Gasteiger partial charge >= 0.3 is 5.97 Å². The molecule has 3 aliphatic rings. The fourth-order valence-electron chi connectivity index (χ4n) is 5.83. The number of aromatic nitrogens is 1. The predicted octanol–water partition coefficient (Wildman–Crippen LogP) is 1.78. The van der Waals surface area contributed by atoms with E-state index in [1.807, 2.05) is 29.7 Å². The number of aliphatic hydroxyl groups is 2. The molecule has 0 radical (unpaired) electrons. The van der Waals surface area contributed by atoms with Crippen LogP contribution in [0.3, 0.4) is 0 Å². The molecule has 6 nitrogen and oxygen atoms in total. The highest BCUT2D eigenvalue weighted by molar-refractivity contribution is 5.89. The van der Waals surface area contributed by atoms with Gasteiger partial charge in [-0.05, 0) is 43.2 Å². The SMILES string of the molecule is COC(=O)[C@]1(O)C[C@H]2C[C@@H]([C@H](C)O)CN3CCc4c(n1c1ccccc41)[C@@H]23. The van der Waals surface area contributed by atoms with Gasteiger partial charge in [-0.2, -0.15) is 0 Å². The highest BCUT2D eigenvalue weighted by atomic mass is 16.5. The van der Waals surface area contributed by atoms with Crippen LogP contribution in [0.2, 0.25) is 0 Å². The van der Waals surface area contributed by atoms with E-state index >= 15 is 0 Å². The molecule has 3 aliphatic heterocycles. The number of aliphatic hydroxyl groups excluding tert-OH is 1. The van der Waals surface area contributed by atoms with Gasteiger partial charge in [-0.1, -0.05) is 18.2 Å². The van der Waals surface area contributed by atoms with Crippen LogP contribution in [0.4, 0.5) is 0 Å². The van der Waals surface area contributed by atoms with Gasteiger partial charge in [-0.25, -0.2) is 4.79 Å². The Balaban J connectivity index is 1.77. The molecule has 0 bridgehead atoms. The molecule has 2 aromatic rings. The second kappa shape index (κ2) is 5.80. The van der Waals surface area contributed by atoms with Crippen molar-refractivity contribution in [2.75, 3.05) is 20.2 Å². The van der Waals surface area contributed by atoms with E-state index in [9.17, 15) is 15.0 Å². The lowest BCUT2D eigenvalue weighted by Gasteiger charge is -2.53. The second-order valence-corrected chi connectivity index (χ2v) is 8.41. The Morgan fingerprint density at radius 3 is 2.89 bits per heavy atom. The van der Waals surface area contributed by atoms with E-state index in [2.05, 4.69) is 11.0 Å². The Hall–Kier alpha value is -1.89. The minimum absolute atomic E-state index is 0.110. The van der Waals surface area contributed by atoms with Crippen LogP contribution < -0.4 is 0 Å². The highest BCUT2D eigenvalue weighted by Gasteiger charge is 2.55. The molecule has 5 rings (SSSR count). The van der Waals surface area contributed by atoms with Crippen LogP contribution in [0.25, 0.3) is 10.9 Å². The van der Waals surface area contributed by atoms with Crippen molar-refractivity contribution in [1.82, 2.24) is 9.47 Å². The quantitative estimate of drug-likeness (QED) is 0.789. The van der Waals surface area contributed by atoms with Crippen molar-refractivity contribution < 1.29 is 19.7 Å². The summed E-state index contributed by atoms with van der Waals surface area (Å²) >= 11 is 0. The number of fused-ring (bicyclic) bond motifs is 3. The topological polar surface area (TPSA) is 74.9 Å². The molecule has 0 aliphatic carbocycles. The normalized spacial score (nSPS) is 33.6. The summed E-state index contributed by atoms with van der Waals surface area (Å²) in [6, 6.07) is 8.20. The summed E-state index contributed by atoms with van der Waals surface area (Å²) in [5.74, 6) is -0.343. The number of ether oxygens (including phenoxy) is 1. The predicted molar refractivity (Wildman–Crippen MR) is 100 cm³/mol. The molecule has 4 heterocycles. The molecular formula is C21H26N2O4. The number of hydrogen-bond donors (Lipinski definition) is 2. The Bertz CT molecular complexity index is 920. The summed E-state index contributed by atoms with van der Waals surface area (Å²) in [7, 11) is 1.33. The second-order valence-electron chi connectivity index (χ2n) is 8.41. The molecule has 2 N–H and O–H groups in total. The molecule has 1 aromatic carbocycles. The van der Waals surface area contributed by atoms with E-state index in [0.717, 1.165) is 42.5 Å². The van der Waals surface area contributed by atoms with Crippen LogP contribution in [-0.2, 0) is 21.7 Å². The average molecular weight is 370 g/mol. The van der Waals surface area contributed by atoms with Crippen LogP contribution in [-0.4, -0.2) is 52.0 Å². The third-order valence-electron chi connectivity index (χ3n) is 6.98. The van der Waals surface area contributed by atoms with E-state index in [1.165, 1.54) is 12.7 Å². The largest absolute Gasteiger partial charge is 0.465 e. The maximum Gasteiger partial charge on any atom is 0.359 e. The monoisotopic (exact) mass is 370 g/mol. The van der Waals surface area contributed by atoms with Crippen LogP contribution in [0, 0.1) is 11.8 Å². The zero-order chi connectivity index (χ0) is 18.9. The summed E-state index contributed by atoms with van der Waals surface area (Å²) in [5, 5.41) is 22.9. The zero-order valence-corrected chi connectivity index (χ0v) is 15.8. The summed E-state index contributed by atoms with van der Waals surface area (Å²) < 4.78 is 6.88. The molecule has 1 saturated heterocycles. The molecule has 1 aromatic heterocycles. The number of hydrogen-bond acceptors (Lipinski definition) is 5. The third-order valence-corrected chi connectivity index (χ3v) is 6.98. The maximum atomic E-state index is 12.7. The number of piperidine rings is 1. The highest BCUT2D eigenvalue weighted by Crippen LogP contribution is 2.54. The van der Waals surface area contributed by atoms with Gasteiger partial charge in [-0.15, -0.1) is 0 Å². The van der Waals surface area contributed by atoms with Crippen molar-refractivity contribution in [3.63, 3.8) is 0 Å². The lowest BCUT2D eigenvalue weighted by atomic mass is 9.71. The average Bonchev–Trinajstić information content (AvgIpc) is 3.02. The number of carbonyl (C=O) groups is 1. The molecule has 144 valence electrons. The standard InChI is InChI=1S/C21H26N2O4/c1-12(24)14-9-13-10-21(26,20(25)27-2)23-17-6-4-3-5-15(17)16-7-8-22(11-14)18(13)19(16)23/h3-6,12-14,18,24,26H,7-11H2,1-2H3/t12-,13+,14+,18+,21+/m0/s1. The first-order valence-corrected chi connectivity index (χ1v) is 9.81. The number of rotatable bonds is 2. The van der Waals surface area contributed by atoms with Crippen LogP contribution in [0.1, 0.15) is 37.1 Å². The fourth-order valence-corrected chi connectivity index (χ4v) is 5.83. The van der Waals surface area contributed by atoms with Gasteiger partial charge < -0.3 is 19.5 Å². The molecule has 0 amide bonds. The van der Waals surface area contributed by atoms with Gasteiger partial charge in [0.05, 0.1) is 24.8 Å². The van der Waals surface area contributed by atoms with E-state index in [1.54, 1.807) is 0 Å². The van der Waals surface area contributed by atoms with Crippen LogP contribution in [0.5, 0.6) is 0 Å². The Morgan fingerprint density at radius 2 is 2.15 bits per heavy atom.